The van der Waals surface area contributed by atoms with Gasteiger partial charge in [-0.15, -0.1) is 0 Å². The number of hydrogen-bond donors (Lipinski definition) is 6. The summed E-state index contributed by atoms with van der Waals surface area (Å²) in [5.74, 6) is -1.86. The molecule has 0 unspecified atom stereocenters. The summed E-state index contributed by atoms with van der Waals surface area (Å²) < 4.78 is 22.6. The van der Waals surface area contributed by atoms with Gasteiger partial charge in [0.1, 0.15) is 17.2 Å². The van der Waals surface area contributed by atoms with Crippen molar-refractivity contribution >= 4 is 80.3 Å². The van der Waals surface area contributed by atoms with Crippen molar-refractivity contribution in [1.82, 2.24) is 44.9 Å². The van der Waals surface area contributed by atoms with Gasteiger partial charge >= 0.3 is 35.9 Å². The Balaban J connectivity index is 0.000000139. The van der Waals surface area contributed by atoms with Crippen molar-refractivity contribution in [2.24, 2.45) is 0 Å². The first-order valence-electron chi connectivity index (χ1n) is 28.5. The minimum Gasteiger partial charge on any atom is -0.478 e. The van der Waals surface area contributed by atoms with Gasteiger partial charge in [0.2, 0.25) is 0 Å². The Morgan fingerprint density at radius 2 is 0.911 bits per heavy atom. The van der Waals surface area contributed by atoms with Gasteiger partial charge in [-0.3, -0.25) is 0 Å². The molecule has 0 saturated carbocycles. The lowest BCUT2D eigenvalue weighted by atomic mass is 10.0. The van der Waals surface area contributed by atoms with E-state index in [4.69, 9.17) is 42.1 Å². The molecule has 6 aromatic heterocycles. The summed E-state index contributed by atoms with van der Waals surface area (Å²) in [6, 6.07) is 49.4. The van der Waals surface area contributed by atoms with Crippen molar-refractivity contribution in [1.29, 1.82) is 0 Å². The highest BCUT2D eigenvalue weighted by Crippen LogP contribution is 2.33. The molecule has 1 fully saturated rings. The van der Waals surface area contributed by atoms with Crippen LogP contribution in [0.3, 0.4) is 0 Å². The smallest absolute Gasteiger partial charge is 0.336 e. The fourth-order valence-electron chi connectivity index (χ4n) is 10.0. The summed E-state index contributed by atoms with van der Waals surface area (Å²) in [5.41, 5.74) is 14.0. The van der Waals surface area contributed by atoms with Crippen molar-refractivity contribution in [2.75, 3.05) is 31.2 Å². The number of aromatic nitrogens is 9. The van der Waals surface area contributed by atoms with Crippen LogP contribution in [0.15, 0.2) is 158 Å². The third kappa shape index (κ3) is 14.7. The fourth-order valence-corrected chi connectivity index (χ4v) is 10.5. The SMILES string of the molecule is Cc1ccc(Oc2nc3nc(C)c(-c4ccc(N5CCOCC5)cc4)cc3[nH]2)cc1C(=O)O.Cc1ccc(Oc2nc3nc(CCc4ccccc4)c(Cl)cc3[nH]2)cc1C(=O)O.Cc1ccc(Oc2nc3nc(Cc4ccccc4)c(Cl)cc3[nH]2)cc1C(=O)O. The van der Waals surface area contributed by atoms with Gasteiger partial charge in [0.25, 0.3) is 0 Å². The van der Waals surface area contributed by atoms with Crippen LogP contribution in [0.2, 0.25) is 10.0 Å². The van der Waals surface area contributed by atoms with Crippen LogP contribution < -0.4 is 19.1 Å². The van der Waals surface area contributed by atoms with Crippen LogP contribution in [0, 0.1) is 27.7 Å². The Kier molecular flexibility index (Phi) is 18.4. The standard InChI is InChI=1S/C25H24N4O4.C22H18ClN3O3.C21H16ClN3O3/c1-15-3-8-19(13-20(15)24(30)31)33-25-27-22-14-21(16(2)26-23(22)28-25)17-4-6-18(7-5-17)29-9-11-32-12-10-29;1-13-7-9-15(11-16(13)21(27)28)29-22-25-19-12-17(23)18(24-20(19)26-22)10-8-14-5-3-2-4-6-14;1-12-7-8-14(10-15(12)20(26)27)28-21-24-18-11-16(22)17(23-19(18)25-21)9-13-5-3-2-4-6-13/h3-8,13-14H,9-12H2,1-2H3,(H,30,31)(H,26,27,28);2-7,9,11-12H,8,10H2,1H3,(H,27,28)(H,24,25,26);2-8,10-11H,9H2,1H3,(H,26,27)(H,23,24,25). The Labute approximate surface area is 525 Å². The highest BCUT2D eigenvalue weighted by atomic mass is 35.5. The van der Waals surface area contributed by atoms with Crippen molar-refractivity contribution in [3.8, 4) is 46.4 Å². The highest BCUT2D eigenvalue weighted by molar-refractivity contribution is 6.32. The quantitative estimate of drug-likeness (QED) is 0.0524. The molecular formula is C68H58Cl2N10O10. The Hall–Kier alpha value is -10.7. The van der Waals surface area contributed by atoms with Gasteiger partial charge in [-0.05, 0) is 141 Å². The third-order valence-electron chi connectivity index (χ3n) is 14.8. The number of nitrogens with zero attached hydrogens (tertiary/aromatic N) is 7. The number of aryl methyl sites for hydroxylation is 6. The molecule has 0 aliphatic carbocycles. The molecule has 0 bridgehead atoms. The van der Waals surface area contributed by atoms with Crippen LogP contribution >= 0.6 is 23.2 Å². The molecule has 454 valence electrons. The van der Waals surface area contributed by atoms with E-state index in [1.54, 1.807) is 69.3 Å². The van der Waals surface area contributed by atoms with Crippen molar-refractivity contribution in [3.63, 3.8) is 0 Å². The normalized spacial score (nSPS) is 12.0. The van der Waals surface area contributed by atoms with Crippen LogP contribution in [0.1, 0.15) is 76.0 Å². The molecule has 1 aliphatic rings. The molecule has 0 amide bonds. The summed E-state index contributed by atoms with van der Waals surface area (Å²) in [4.78, 5) is 72.4. The van der Waals surface area contributed by atoms with E-state index in [2.05, 4.69) is 86.2 Å². The highest BCUT2D eigenvalue weighted by Gasteiger charge is 2.19. The summed E-state index contributed by atoms with van der Waals surface area (Å²) >= 11 is 12.8. The van der Waals surface area contributed by atoms with Crippen molar-refractivity contribution in [2.45, 2.75) is 47.0 Å². The van der Waals surface area contributed by atoms with Gasteiger partial charge in [-0.25, -0.2) is 29.3 Å². The van der Waals surface area contributed by atoms with E-state index in [0.717, 1.165) is 72.0 Å². The number of halogens is 2. The lowest BCUT2D eigenvalue weighted by molar-refractivity contribution is 0.0685. The summed E-state index contributed by atoms with van der Waals surface area (Å²) in [6.07, 6.45) is 2.12. The molecule has 6 N–H and O–H groups in total. The zero-order valence-corrected chi connectivity index (χ0v) is 50.6. The van der Waals surface area contributed by atoms with Gasteiger partial charge < -0.3 is 54.1 Å². The number of aromatic carboxylic acids is 3. The second-order valence-corrected chi connectivity index (χ2v) is 22.0. The first-order valence-corrected chi connectivity index (χ1v) is 29.3. The van der Waals surface area contributed by atoms with Gasteiger partial charge in [0, 0.05) is 36.5 Å². The predicted octanol–water partition coefficient (Wildman–Crippen LogP) is 14.8. The first-order chi connectivity index (χ1) is 43.5. The molecular weight excluding hydrogens is 1190 g/mol. The molecule has 1 saturated heterocycles. The van der Waals surface area contributed by atoms with Gasteiger partial charge in [0.05, 0.1) is 67.9 Å². The number of pyridine rings is 3. The van der Waals surface area contributed by atoms with E-state index in [0.29, 0.717) is 84.8 Å². The number of carboxylic acids is 3. The van der Waals surface area contributed by atoms with E-state index in [9.17, 15) is 29.7 Å². The van der Waals surface area contributed by atoms with E-state index in [1.165, 1.54) is 29.4 Å². The van der Waals surface area contributed by atoms with Crippen LogP contribution in [-0.4, -0.2) is 104 Å². The van der Waals surface area contributed by atoms with E-state index < -0.39 is 17.9 Å². The molecule has 1 aliphatic heterocycles. The van der Waals surface area contributed by atoms with Crippen molar-refractivity contribution < 1.29 is 48.7 Å². The first kappa shape index (κ1) is 61.0. The maximum atomic E-state index is 11.4. The number of carboxylic acid groups (broad SMARTS) is 3. The monoisotopic (exact) mass is 1240 g/mol. The van der Waals surface area contributed by atoms with E-state index >= 15 is 0 Å². The van der Waals surface area contributed by atoms with E-state index in [-0.39, 0.29) is 34.7 Å². The largest absolute Gasteiger partial charge is 0.478 e. The Morgan fingerprint density at radius 3 is 1.38 bits per heavy atom. The number of carbonyl (C=O) groups is 3. The van der Waals surface area contributed by atoms with Crippen LogP contribution in [-0.2, 0) is 24.0 Å². The minimum atomic E-state index is -1.01. The Bertz CT molecular complexity index is 4610. The second kappa shape index (κ2) is 27.2. The lowest BCUT2D eigenvalue weighted by Gasteiger charge is -2.29. The van der Waals surface area contributed by atoms with E-state index in [1.807, 2.05) is 61.5 Å². The topological polar surface area (TPSA) is 277 Å². The van der Waals surface area contributed by atoms with Crippen LogP contribution in [0.25, 0.3) is 44.6 Å². The maximum Gasteiger partial charge on any atom is 0.336 e. The number of benzene rings is 6. The Morgan fingerprint density at radius 1 is 0.489 bits per heavy atom. The number of rotatable bonds is 16. The average molecular weight is 1250 g/mol. The number of nitrogens with one attached hydrogen (secondary N) is 3. The minimum absolute atomic E-state index is 0.180. The van der Waals surface area contributed by atoms with Gasteiger partial charge in [-0.2, -0.15) is 15.0 Å². The second-order valence-electron chi connectivity index (χ2n) is 21.1. The number of fused-ring (bicyclic) bond motifs is 3. The average Bonchev–Trinajstić information content (AvgIpc) is 3.87. The molecule has 13 rings (SSSR count). The molecule has 0 atom stereocenters. The fraction of sp³-hybridized carbons (Fsp3) is 0.162. The van der Waals surface area contributed by atoms with Gasteiger partial charge in [0.15, 0.2) is 16.9 Å². The summed E-state index contributed by atoms with van der Waals surface area (Å²) in [7, 11) is 0. The van der Waals surface area contributed by atoms with Crippen LogP contribution in [0.5, 0.6) is 35.3 Å². The molecule has 6 aromatic carbocycles. The molecule has 90 heavy (non-hydrogen) atoms. The number of H-pyrrole nitrogens is 3. The zero-order chi connectivity index (χ0) is 63.0. The predicted molar refractivity (Wildman–Crippen MR) is 343 cm³/mol. The third-order valence-corrected chi connectivity index (χ3v) is 15.5. The number of aromatic amines is 3. The number of morpholine rings is 1. The number of anilines is 1. The molecule has 0 radical (unpaired) electrons. The van der Waals surface area contributed by atoms with Gasteiger partial charge in [-0.1, -0.05) is 114 Å². The maximum absolute atomic E-state index is 11.4. The zero-order valence-electron chi connectivity index (χ0n) is 49.0. The van der Waals surface area contributed by atoms with Crippen molar-refractivity contribution in [3.05, 3.63) is 229 Å². The molecule has 12 aromatic rings. The van der Waals surface area contributed by atoms with Crippen LogP contribution in [0.4, 0.5) is 5.69 Å². The molecule has 0 spiro atoms. The number of ether oxygens (including phenoxy) is 4. The number of imidazole rings is 3. The molecule has 20 nitrogen and oxygen atoms in total. The molecule has 7 heterocycles. The summed E-state index contributed by atoms with van der Waals surface area (Å²) in [6.45, 7) is 10.5. The summed E-state index contributed by atoms with van der Waals surface area (Å²) in [5, 5.41) is 28.9. The number of hydrogen-bond acceptors (Lipinski definition) is 14. The molecule has 22 heteroatoms. The lowest BCUT2D eigenvalue weighted by Crippen LogP contribution is -2.36.